The number of benzene rings is 2. The lowest BCUT2D eigenvalue weighted by Crippen LogP contribution is -2.18. The topological polar surface area (TPSA) is 79.8 Å². The van der Waals surface area contributed by atoms with Gasteiger partial charge in [0.1, 0.15) is 5.75 Å². The minimum atomic E-state index is -0.343. The zero-order valence-electron chi connectivity index (χ0n) is 18.0. The molecular formula is C24H31N3O3. The Labute approximate surface area is 178 Å². The Morgan fingerprint density at radius 2 is 1.83 bits per heavy atom. The molecule has 6 heteroatoms. The van der Waals surface area contributed by atoms with Gasteiger partial charge in [0, 0.05) is 17.7 Å². The zero-order valence-corrected chi connectivity index (χ0v) is 18.0. The molecule has 2 N–H and O–H groups in total. The molecule has 0 aliphatic heterocycles. The number of nitrogens with one attached hydrogen (secondary N) is 2. The van der Waals surface area contributed by atoms with E-state index in [1.54, 1.807) is 30.5 Å². The normalized spacial score (nSPS) is 10.9. The number of rotatable bonds is 11. The van der Waals surface area contributed by atoms with Gasteiger partial charge in [0.2, 0.25) is 5.91 Å². The van der Waals surface area contributed by atoms with Gasteiger partial charge in [0.05, 0.1) is 12.3 Å². The highest BCUT2D eigenvalue weighted by atomic mass is 16.5. The third-order valence-corrected chi connectivity index (χ3v) is 4.30. The van der Waals surface area contributed by atoms with Gasteiger partial charge in [-0.15, -0.1) is 0 Å². The summed E-state index contributed by atoms with van der Waals surface area (Å²) in [4.78, 5) is 24.4. The first kappa shape index (κ1) is 23.1. The first-order valence-electron chi connectivity index (χ1n) is 10.5. The largest absolute Gasteiger partial charge is 0.491 e. The Balaban J connectivity index is 1.85. The number of carbonyl (C=O) groups is 2. The number of hydrogen-bond acceptors (Lipinski definition) is 4. The van der Waals surface area contributed by atoms with Crippen LogP contribution in [0.4, 0.5) is 5.69 Å². The van der Waals surface area contributed by atoms with Crippen molar-refractivity contribution in [2.45, 2.75) is 59.0 Å². The van der Waals surface area contributed by atoms with Gasteiger partial charge in [-0.05, 0) is 68.3 Å². The van der Waals surface area contributed by atoms with Crippen molar-refractivity contribution in [2.75, 3.05) is 5.32 Å². The van der Waals surface area contributed by atoms with Crippen LogP contribution in [0.1, 0.15) is 68.8 Å². The first-order chi connectivity index (χ1) is 14.5. The summed E-state index contributed by atoms with van der Waals surface area (Å²) < 4.78 is 5.60. The molecule has 0 atom stereocenters. The molecule has 0 saturated carbocycles. The second-order valence-corrected chi connectivity index (χ2v) is 7.37. The maximum atomic E-state index is 12.3. The second-order valence-electron chi connectivity index (χ2n) is 7.37. The van der Waals surface area contributed by atoms with E-state index in [9.17, 15) is 9.59 Å². The number of ether oxygens (including phenoxy) is 1. The molecule has 0 heterocycles. The number of hydrogen-bond donors (Lipinski definition) is 2. The SMILES string of the molecule is CCCCCCC(=O)Nc1cccc(C(=O)NN=Cc2ccc(OC(C)C)cc2)c1. The molecule has 0 spiro atoms. The number of hydrazone groups is 1. The summed E-state index contributed by atoms with van der Waals surface area (Å²) in [5, 5.41) is 6.85. The van der Waals surface area contributed by atoms with Gasteiger partial charge in [0.15, 0.2) is 0 Å². The van der Waals surface area contributed by atoms with Crippen LogP contribution in [-0.4, -0.2) is 24.1 Å². The smallest absolute Gasteiger partial charge is 0.271 e. The van der Waals surface area contributed by atoms with Gasteiger partial charge >= 0.3 is 0 Å². The molecule has 0 aromatic heterocycles. The lowest BCUT2D eigenvalue weighted by Gasteiger charge is -2.09. The molecule has 0 bridgehead atoms. The van der Waals surface area contributed by atoms with Gasteiger partial charge in [0.25, 0.3) is 5.91 Å². The molecule has 2 amide bonds. The van der Waals surface area contributed by atoms with E-state index < -0.39 is 0 Å². The number of carbonyl (C=O) groups excluding carboxylic acids is 2. The summed E-state index contributed by atoms with van der Waals surface area (Å²) >= 11 is 0. The highest BCUT2D eigenvalue weighted by Crippen LogP contribution is 2.14. The van der Waals surface area contributed by atoms with Crippen molar-refractivity contribution in [3.8, 4) is 5.75 Å². The van der Waals surface area contributed by atoms with E-state index in [2.05, 4.69) is 22.8 Å². The summed E-state index contributed by atoms with van der Waals surface area (Å²) in [5.74, 6) is 0.409. The van der Waals surface area contributed by atoms with Crippen molar-refractivity contribution >= 4 is 23.7 Å². The van der Waals surface area contributed by atoms with Crippen molar-refractivity contribution in [3.63, 3.8) is 0 Å². The first-order valence-corrected chi connectivity index (χ1v) is 10.5. The van der Waals surface area contributed by atoms with Gasteiger partial charge in [-0.25, -0.2) is 5.43 Å². The minimum absolute atomic E-state index is 0.0356. The molecule has 160 valence electrons. The number of anilines is 1. The third kappa shape index (κ3) is 8.47. The van der Waals surface area contributed by atoms with E-state index in [1.807, 2.05) is 38.1 Å². The van der Waals surface area contributed by atoms with E-state index in [0.29, 0.717) is 17.7 Å². The average Bonchev–Trinajstić information content (AvgIpc) is 2.72. The molecule has 0 aliphatic carbocycles. The van der Waals surface area contributed by atoms with Gasteiger partial charge in [-0.3, -0.25) is 9.59 Å². The van der Waals surface area contributed by atoms with Crippen LogP contribution in [0, 0.1) is 0 Å². The van der Waals surface area contributed by atoms with Crippen LogP contribution in [0.3, 0.4) is 0 Å². The highest BCUT2D eigenvalue weighted by molar-refractivity contribution is 5.97. The summed E-state index contributed by atoms with van der Waals surface area (Å²) in [6.45, 7) is 6.08. The molecule has 2 rings (SSSR count). The fourth-order valence-corrected chi connectivity index (χ4v) is 2.81. The van der Waals surface area contributed by atoms with Crippen LogP contribution >= 0.6 is 0 Å². The summed E-state index contributed by atoms with van der Waals surface area (Å²) in [5.41, 5.74) is 4.38. The van der Waals surface area contributed by atoms with E-state index in [0.717, 1.165) is 37.0 Å². The van der Waals surface area contributed by atoms with Gasteiger partial charge in [-0.2, -0.15) is 5.10 Å². The van der Waals surface area contributed by atoms with Crippen LogP contribution in [0.2, 0.25) is 0 Å². The van der Waals surface area contributed by atoms with Crippen molar-refractivity contribution in [3.05, 3.63) is 59.7 Å². The van der Waals surface area contributed by atoms with Gasteiger partial charge in [-0.1, -0.05) is 32.3 Å². The lowest BCUT2D eigenvalue weighted by molar-refractivity contribution is -0.116. The second kappa shape index (κ2) is 12.4. The standard InChI is InChI=1S/C24H31N3O3/c1-4-5-6-7-11-23(28)26-21-10-8-9-20(16-21)24(29)27-25-17-19-12-14-22(15-13-19)30-18(2)3/h8-10,12-18H,4-7,11H2,1-3H3,(H,26,28)(H,27,29). The molecule has 0 saturated heterocycles. The molecule has 0 aliphatic rings. The number of unbranched alkanes of at least 4 members (excludes halogenated alkanes) is 3. The highest BCUT2D eigenvalue weighted by Gasteiger charge is 2.07. The van der Waals surface area contributed by atoms with Gasteiger partial charge < -0.3 is 10.1 Å². The van der Waals surface area contributed by atoms with Crippen LogP contribution in [-0.2, 0) is 4.79 Å². The summed E-state index contributed by atoms with van der Waals surface area (Å²) in [6, 6.07) is 14.3. The lowest BCUT2D eigenvalue weighted by atomic mass is 10.1. The Hall–Kier alpha value is -3.15. The fraction of sp³-hybridized carbons (Fsp3) is 0.375. The molecule has 0 unspecified atom stereocenters. The molecule has 0 fully saturated rings. The Morgan fingerprint density at radius 1 is 1.07 bits per heavy atom. The van der Waals surface area contributed by atoms with Crippen LogP contribution in [0.5, 0.6) is 5.75 Å². The maximum absolute atomic E-state index is 12.3. The molecular weight excluding hydrogens is 378 g/mol. The van der Waals surface area contributed by atoms with Crippen LogP contribution in [0.15, 0.2) is 53.6 Å². The summed E-state index contributed by atoms with van der Waals surface area (Å²) in [7, 11) is 0. The van der Waals surface area contributed by atoms with E-state index in [1.165, 1.54) is 0 Å². The Bertz CT molecular complexity index is 845. The average molecular weight is 410 g/mol. The van der Waals surface area contributed by atoms with E-state index >= 15 is 0 Å². The fourth-order valence-electron chi connectivity index (χ4n) is 2.81. The van der Waals surface area contributed by atoms with Crippen LogP contribution < -0.4 is 15.5 Å². The molecule has 0 radical (unpaired) electrons. The molecule has 6 nitrogen and oxygen atoms in total. The van der Waals surface area contributed by atoms with E-state index in [-0.39, 0.29) is 17.9 Å². The Morgan fingerprint density at radius 3 is 2.53 bits per heavy atom. The van der Waals surface area contributed by atoms with Crippen molar-refractivity contribution in [1.29, 1.82) is 0 Å². The Kier molecular flexibility index (Phi) is 9.58. The molecule has 2 aromatic carbocycles. The number of amides is 2. The van der Waals surface area contributed by atoms with Crippen molar-refractivity contribution < 1.29 is 14.3 Å². The molecule has 2 aromatic rings. The molecule has 30 heavy (non-hydrogen) atoms. The quantitative estimate of drug-likeness (QED) is 0.306. The maximum Gasteiger partial charge on any atom is 0.271 e. The van der Waals surface area contributed by atoms with Crippen molar-refractivity contribution in [1.82, 2.24) is 5.43 Å². The van der Waals surface area contributed by atoms with Crippen LogP contribution in [0.25, 0.3) is 0 Å². The summed E-state index contributed by atoms with van der Waals surface area (Å²) in [6.07, 6.45) is 6.38. The number of nitrogens with zero attached hydrogens (tertiary/aromatic N) is 1. The zero-order chi connectivity index (χ0) is 21.8. The monoisotopic (exact) mass is 409 g/mol. The van der Waals surface area contributed by atoms with Crippen molar-refractivity contribution in [2.24, 2.45) is 5.10 Å². The predicted molar refractivity (Wildman–Crippen MR) is 121 cm³/mol. The van der Waals surface area contributed by atoms with E-state index in [4.69, 9.17) is 4.74 Å². The third-order valence-electron chi connectivity index (χ3n) is 4.30. The minimum Gasteiger partial charge on any atom is -0.491 e. The predicted octanol–water partition coefficient (Wildman–Crippen LogP) is 5.15.